The van der Waals surface area contributed by atoms with E-state index >= 15 is 0 Å². The molecule has 1 aliphatic heterocycles. The number of nitrogens with zero attached hydrogens (tertiary/aromatic N) is 1. The van der Waals surface area contributed by atoms with Crippen molar-refractivity contribution in [3.8, 4) is 0 Å². The fourth-order valence-electron chi connectivity index (χ4n) is 4.53. The van der Waals surface area contributed by atoms with Gasteiger partial charge in [0.25, 0.3) is 0 Å². The van der Waals surface area contributed by atoms with Gasteiger partial charge in [0.15, 0.2) is 0 Å². The predicted octanol–water partition coefficient (Wildman–Crippen LogP) is 4.72. The maximum Gasteiger partial charge on any atom is 0.238 e. The molecule has 1 saturated carbocycles. The van der Waals surface area contributed by atoms with Gasteiger partial charge in [-0.2, -0.15) is 0 Å². The number of oxime groups is 1. The standard InChI is InChI=1S/C20H18BrClN2O3/c1-27-18-10-14(24-26)9-16(11-3-2-4-13(22)7-11)20(18)15-6-5-12(21)8-17(15)23-19(20)25/h2-8,16,18,26H,9-10H2,1H3,(H,23,25)/b24-14-/t16-,18-,20-/m0/s1. The van der Waals surface area contributed by atoms with E-state index < -0.39 is 11.5 Å². The second-order valence-corrected chi connectivity index (χ2v) is 8.27. The van der Waals surface area contributed by atoms with Crippen LogP contribution in [0.15, 0.2) is 52.1 Å². The number of rotatable bonds is 2. The van der Waals surface area contributed by atoms with Crippen molar-refractivity contribution < 1.29 is 14.7 Å². The second kappa shape index (κ2) is 6.93. The van der Waals surface area contributed by atoms with Crippen LogP contribution in [0.2, 0.25) is 5.02 Å². The third-order valence-electron chi connectivity index (χ3n) is 5.65. The number of hydrogen-bond donors (Lipinski definition) is 2. The summed E-state index contributed by atoms with van der Waals surface area (Å²) < 4.78 is 6.69. The van der Waals surface area contributed by atoms with Gasteiger partial charge in [-0.25, -0.2) is 0 Å². The Kier molecular flexibility index (Phi) is 4.74. The molecule has 0 radical (unpaired) electrons. The molecular weight excluding hydrogens is 432 g/mol. The molecule has 1 amide bonds. The molecule has 5 nitrogen and oxygen atoms in total. The molecule has 2 N–H and O–H groups in total. The summed E-state index contributed by atoms with van der Waals surface area (Å²) >= 11 is 9.71. The molecule has 2 aromatic carbocycles. The summed E-state index contributed by atoms with van der Waals surface area (Å²) in [5.41, 5.74) is 2.26. The first-order chi connectivity index (χ1) is 13.0. The lowest BCUT2D eigenvalue weighted by Gasteiger charge is -2.45. The van der Waals surface area contributed by atoms with Crippen molar-refractivity contribution in [2.75, 3.05) is 12.4 Å². The Morgan fingerprint density at radius 2 is 2.11 bits per heavy atom. The smallest absolute Gasteiger partial charge is 0.238 e. The van der Waals surface area contributed by atoms with Crippen molar-refractivity contribution in [2.24, 2.45) is 5.16 Å². The number of amides is 1. The van der Waals surface area contributed by atoms with E-state index in [-0.39, 0.29) is 11.8 Å². The Bertz CT molecular complexity index is 949. The second-order valence-electron chi connectivity index (χ2n) is 6.92. The van der Waals surface area contributed by atoms with E-state index in [9.17, 15) is 10.0 Å². The van der Waals surface area contributed by atoms with Crippen LogP contribution in [0.5, 0.6) is 0 Å². The number of anilines is 1. The van der Waals surface area contributed by atoms with Crippen LogP contribution in [0.4, 0.5) is 5.69 Å². The molecule has 4 rings (SSSR count). The average Bonchev–Trinajstić information content (AvgIpc) is 2.94. The minimum absolute atomic E-state index is 0.107. The maximum atomic E-state index is 13.4. The first kappa shape index (κ1) is 18.5. The number of fused-ring (bicyclic) bond motifs is 2. The summed E-state index contributed by atoms with van der Waals surface area (Å²) in [5.74, 6) is -0.382. The largest absolute Gasteiger partial charge is 0.411 e. The highest BCUT2D eigenvalue weighted by Crippen LogP contribution is 2.55. The van der Waals surface area contributed by atoms with Crippen LogP contribution < -0.4 is 5.32 Å². The van der Waals surface area contributed by atoms with Crippen molar-refractivity contribution in [2.45, 2.75) is 30.3 Å². The lowest BCUT2D eigenvalue weighted by molar-refractivity contribution is -0.128. The molecule has 2 aliphatic rings. The van der Waals surface area contributed by atoms with Gasteiger partial charge in [0.2, 0.25) is 5.91 Å². The number of carbonyl (C=O) groups excluding carboxylic acids is 1. The number of carbonyl (C=O) groups is 1. The molecule has 2 aromatic rings. The van der Waals surface area contributed by atoms with E-state index in [0.717, 1.165) is 21.3 Å². The summed E-state index contributed by atoms with van der Waals surface area (Å²) in [6.07, 6.45) is 0.357. The first-order valence-electron chi connectivity index (χ1n) is 8.60. The lowest BCUT2D eigenvalue weighted by Crippen LogP contribution is -2.55. The molecule has 0 bridgehead atoms. The Labute approximate surface area is 170 Å². The fourth-order valence-corrected chi connectivity index (χ4v) is 5.09. The van der Waals surface area contributed by atoms with Gasteiger partial charge in [-0.3, -0.25) is 4.79 Å². The van der Waals surface area contributed by atoms with Crippen LogP contribution in [0.3, 0.4) is 0 Å². The van der Waals surface area contributed by atoms with Crippen molar-refractivity contribution in [1.82, 2.24) is 0 Å². The summed E-state index contributed by atoms with van der Waals surface area (Å²) in [6.45, 7) is 0. The van der Waals surface area contributed by atoms with E-state index in [1.807, 2.05) is 36.4 Å². The fraction of sp³-hybridized carbons (Fsp3) is 0.300. The molecule has 140 valence electrons. The van der Waals surface area contributed by atoms with E-state index in [0.29, 0.717) is 23.6 Å². The molecule has 1 aliphatic carbocycles. The van der Waals surface area contributed by atoms with E-state index in [4.69, 9.17) is 16.3 Å². The topological polar surface area (TPSA) is 70.9 Å². The zero-order chi connectivity index (χ0) is 19.2. The summed E-state index contributed by atoms with van der Waals surface area (Å²) in [7, 11) is 1.59. The van der Waals surface area contributed by atoms with Crippen LogP contribution in [0, 0.1) is 0 Å². The first-order valence-corrected chi connectivity index (χ1v) is 9.77. The van der Waals surface area contributed by atoms with Crippen molar-refractivity contribution in [3.05, 3.63) is 63.1 Å². The highest BCUT2D eigenvalue weighted by atomic mass is 79.9. The molecule has 1 fully saturated rings. The summed E-state index contributed by atoms with van der Waals surface area (Å²) in [4.78, 5) is 13.4. The van der Waals surface area contributed by atoms with Gasteiger partial charge in [-0.05, 0) is 41.8 Å². The van der Waals surface area contributed by atoms with Crippen LogP contribution in [0.1, 0.15) is 29.9 Å². The van der Waals surface area contributed by atoms with Gasteiger partial charge in [-0.1, -0.05) is 50.9 Å². The highest BCUT2D eigenvalue weighted by molar-refractivity contribution is 9.10. The van der Waals surface area contributed by atoms with Gasteiger partial charge in [0.05, 0.1) is 11.8 Å². The van der Waals surface area contributed by atoms with Crippen LogP contribution >= 0.6 is 27.5 Å². The molecule has 0 saturated heterocycles. The third-order valence-corrected chi connectivity index (χ3v) is 6.37. The van der Waals surface area contributed by atoms with Crippen LogP contribution in [-0.2, 0) is 14.9 Å². The van der Waals surface area contributed by atoms with Crippen LogP contribution in [0.25, 0.3) is 0 Å². The summed E-state index contributed by atoms with van der Waals surface area (Å²) in [6, 6.07) is 13.3. The average molecular weight is 450 g/mol. The number of nitrogens with one attached hydrogen (secondary N) is 1. The maximum absolute atomic E-state index is 13.4. The number of ether oxygens (including phenoxy) is 1. The highest BCUT2D eigenvalue weighted by Gasteiger charge is 2.60. The lowest BCUT2D eigenvalue weighted by atomic mass is 9.59. The van der Waals surface area contributed by atoms with Crippen LogP contribution in [-0.4, -0.2) is 30.0 Å². The Morgan fingerprint density at radius 3 is 2.81 bits per heavy atom. The third kappa shape index (κ3) is 2.78. The zero-order valence-corrected chi connectivity index (χ0v) is 16.9. The summed E-state index contributed by atoms with van der Waals surface area (Å²) in [5, 5.41) is 16.5. The van der Waals surface area contributed by atoms with Gasteiger partial charge < -0.3 is 15.3 Å². The Morgan fingerprint density at radius 1 is 1.30 bits per heavy atom. The molecule has 0 aromatic heterocycles. The molecule has 7 heteroatoms. The number of halogens is 2. The van der Waals surface area contributed by atoms with Gasteiger partial charge >= 0.3 is 0 Å². The number of benzene rings is 2. The molecule has 3 atom stereocenters. The Hall–Kier alpha value is -1.89. The molecule has 0 unspecified atom stereocenters. The number of methoxy groups -OCH3 is 1. The number of hydrogen-bond acceptors (Lipinski definition) is 4. The quantitative estimate of drug-likeness (QED) is 0.515. The predicted molar refractivity (Wildman–Crippen MR) is 108 cm³/mol. The van der Waals surface area contributed by atoms with E-state index in [2.05, 4.69) is 26.4 Å². The van der Waals surface area contributed by atoms with Gasteiger partial charge in [0.1, 0.15) is 5.41 Å². The van der Waals surface area contributed by atoms with Crippen molar-refractivity contribution in [3.63, 3.8) is 0 Å². The SMILES string of the molecule is CO[C@H]1C/C(=N\O)C[C@@H](c2cccc(Cl)c2)[C@]12C(=O)Nc1cc(Br)ccc12. The Balaban J connectivity index is 1.98. The minimum Gasteiger partial charge on any atom is -0.411 e. The normalized spacial score (nSPS) is 28.4. The van der Waals surface area contributed by atoms with Gasteiger partial charge in [0, 0.05) is 34.6 Å². The molecule has 1 spiro atoms. The minimum atomic E-state index is -0.927. The van der Waals surface area contributed by atoms with Crippen molar-refractivity contribution in [1.29, 1.82) is 0 Å². The van der Waals surface area contributed by atoms with E-state index in [1.165, 1.54) is 0 Å². The molecule has 1 heterocycles. The van der Waals surface area contributed by atoms with E-state index in [1.54, 1.807) is 13.2 Å². The molecule has 27 heavy (non-hydrogen) atoms. The van der Waals surface area contributed by atoms with Gasteiger partial charge in [-0.15, -0.1) is 0 Å². The monoisotopic (exact) mass is 448 g/mol. The zero-order valence-electron chi connectivity index (χ0n) is 14.6. The molecular formula is C20H18BrClN2O3. The van der Waals surface area contributed by atoms with Crippen molar-refractivity contribution >= 4 is 44.8 Å².